The van der Waals surface area contributed by atoms with Gasteiger partial charge < -0.3 is 4.90 Å². The second-order valence-corrected chi connectivity index (χ2v) is 11.0. The predicted octanol–water partition coefficient (Wildman–Crippen LogP) is 9.35. The highest BCUT2D eigenvalue weighted by atomic mass is 15.2. The monoisotopic (exact) mass is 483 g/mol. The molecule has 0 saturated heterocycles. The summed E-state index contributed by atoms with van der Waals surface area (Å²) in [7, 11) is 0. The van der Waals surface area contributed by atoms with Gasteiger partial charge in [-0.2, -0.15) is 0 Å². The normalized spacial score (nSPS) is 22.8. The molecule has 4 aliphatic rings. The summed E-state index contributed by atoms with van der Waals surface area (Å²) in [5.41, 5.74) is 11.3. The van der Waals surface area contributed by atoms with Gasteiger partial charge in [-0.05, 0) is 79.4 Å². The Kier molecular flexibility index (Phi) is 6.70. The number of nitrogens with zero attached hydrogens (tertiary/aromatic N) is 1. The molecule has 0 saturated carbocycles. The van der Waals surface area contributed by atoms with E-state index in [4.69, 9.17) is 0 Å². The smallest absolute Gasteiger partial charge is 0.0556 e. The van der Waals surface area contributed by atoms with E-state index in [1.165, 1.54) is 39.2 Å². The highest BCUT2D eigenvalue weighted by Gasteiger charge is 2.26. The van der Waals surface area contributed by atoms with Crippen molar-refractivity contribution in [3.63, 3.8) is 0 Å². The van der Waals surface area contributed by atoms with Crippen molar-refractivity contribution in [2.24, 2.45) is 5.92 Å². The minimum atomic E-state index is 0.388. The summed E-state index contributed by atoms with van der Waals surface area (Å²) in [5.74, 6) is 1.01. The Morgan fingerprint density at radius 2 is 1.49 bits per heavy atom. The molecule has 0 radical (unpaired) electrons. The first-order valence-electron chi connectivity index (χ1n) is 13.9. The summed E-state index contributed by atoms with van der Waals surface area (Å²) < 4.78 is 0. The maximum atomic E-state index is 2.61. The highest BCUT2D eigenvalue weighted by molar-refractivity contribution is 5.76. The molecule has 2 aromatic carbocycles. The van der Waals surface area contributed by atoms with Crippen molar-refractivity contribution in [1.82, 2.24) is 4.90 Å². The van der Waals surface area contributed by atoms with E-state index in [0.717, 1.165) is 32.1 Å². The van der Waals surface area contributed by atoms with Crippen LogP contribution in [0.1, 0.15) is 74.1 Å². The van der Waals surface area contributed by atoms with Crippen LogP contribution in [0.5, 0.6) is 0 Å². The van der Waals surface area contributed by atoms with Gasteiger partial charge in [-0.3, -0.25) is 0 Å². The van der Waals surface area contributed by atoms with E-state index in [-0.39, 0.29) is 0 Å². The van der Waals surface area contributed by atoms with Gasteiger partial charge >= 0.3 is 0 Å². The van der Waals surface area contributed by atoms with E-state index >= 15 is 0 Å². The molecule has 4 aliphatic carbocycles. The molecule has 0 amide bonds. The van der Waals surface area contributed by atoms with Crippen LogP contribution in [0.3, 0.4) is 0 Å². The van der Waals surface area contributed by atoms with Crippen LogP contribution in [-0.4, -0.2) is 10.9 Å². The van der Waals surface area contributed by atoms with Crippen LogP contribution in [0.15, 0.2) is 120 Å². The fourth-order valence-electron chi connectivity index (χ4n) is 6.20. The topological polar surface area (TPSA) is 3.24 Å². The molecule has 0 N–H and O–H groups in total. The SMILES string of the molecule is CC1=CCC(N(C2=CCC(C)C=C2)C2=CC=C(CC3c4ccccc4C=Cc4ccccc43)CC2)C=C1. The average Bonchev–Trinajstić information content (AvgIpc) is 3.09. The van der Waals surface area contributed by atoms with Crippen LogP contribution >= 0.6 is 0 Å². The van der Waals surface area contributed by atoms with Crippen LogP contribution in [0, 0.1) is 5.92 Å². The van der Waals surface area contributed by atoms with Crippen molar-refractivity contribution in [2.75, 3.05) is 0 Å². The van der Waals surface area contributed by atoms with Gasteiger partial charge in [0.2, 0.25) is 0 Å². The van der Waals surface area contributed by atoms with Gasteiger partial charge in [0, 0.05) is 17.3 Å². The second kappa shape index (κ2) is 10.4. The van der Waals surface area contributed by atoms with Gasteiger partial charge in [-0.1, -0.05) is 115 Å². The minimum absolute atomic E-state index is 0.388. The molecule has 0 spiro atoms. The number of hydrogen-bond acceptors (Lipinski definition) is 1. The van der Waals surface area contributed by atoms with Crippen LogP contribution in [0.25, 0.3) is 12.2 Å². The van der Waals surface area contributed by atoms with E-state index in [0.29, 0.717) is 17.9 Å². The zero-order valence-electron chi connectivity index (χ0n) is 22.1. The van der Waals surface area contributed by atoms with Crippen molar-refractivity contribution in [3.05, 3.63) is 142 Å². The van der Waals surface area contributed by atoms with Crippen LogP contribution in [0.2, 0.25) is 0 Å². The Morgan fingerprint density at radius 3 is 2.08 bits per heavy atom. The lowest BCUT2D eigenvalue weighted by atomic mass is 9.81. The molecule has 37 heavy (non-hydrogen) atoms. The van der Waals surface area contributed by atoms with Gasteiger partial charge in [0.15, 0.2) is 0 Å². The van der Waals surface area contributed by atoms with Gasteiger partial charge in [0.25, 0.3) is 0 Å². The molecular weight excluding hydrogens is 446 g/mol. The van der Waals surface area contributed by atoms with Crippen LogP contribution in [0.4, 0.5) is 0 Å². The molecule has 0 fully saturated rings. The third-order valence-corrected chi connectivity index (χ3v) is 8.34. The fraction of sp³-hybridized carbons (Fsp3) is 0.278. The molecule has 2 atom stereocenters. The molecule has 0 heterocycles. The van der Waals surface area contributed by atoms with Crippen molar-refractivity contribution in [2.45, 2.75) is 57.9 Å². The summed E-state index contributed by atoms with van der Waals surface area (Å²) in [6, 6.07) is 18.3. The summed E-state index contributed by atoms with van der Waals surface area (Å²) in [5, 5.41) is 0. The lowest BCUT2D eigenvalue weighted by Crippen LogP contribution is -2.34. The molecule has 2 aromatic rings. The van der Waals surface area contributed by atoms with E-state index in [1.807, 2.05) is 0 Å². The Morgan fingerprint density at radius 1 is 0.757 bits per heavy atom. The molecule has 1 nitrogen and oxygen atoms in total. The lowest BCUT2D eigenvalue weighted by Gasteiger charge is -2.38. The number of allylic oxidation sites excluding steroid dienone is 9. The standard InChI is InChI=1S/C36H37N/c1-26-11-19-31(20-12-26)37(32-21-13-27(2)14-22-32)33-23-15-28(16-24-33)25-36-34-9-5-3-7-29(34)17-18-30-8-4-6-10-35(30)36/h3-13,15,17-19,21-23,27,31,36H,14,16,20,24-25H2,1-2H3. The summed E-state index contributed by atoms with van der Waals surface area (Å²) in [6.07, 6.45) is 29.1. The number of benzene rings is 2. The van der Waals surface area contributed by atoms with E-state index in [9.17, 15) is 0 Å². The third-order valence-electron chi connectivity index (χ3n) is 8.34. The summed E-state index contributed by atoms with van der Waals surface area (Å²) in [6.45, 7) is 4.50. The highest BCUT2D eigenvalue weighted by Crippen LogP contribution is 2.41. The Hall–Kier alpha value is -3.58. The van der Waals surface area contributed by atoms with Gasteiger partial charge in [0.05, 0.1) is 6.04 Å². The lowest BCUT2D eigenvalue weighted by molar-refractivity contribution is 0.352. The third kappa shape index (κ3) is 5.01. The molecule has 186 valence electrons. The minimum Gasteiger partial charge on any atom is -0.338 e. The summed E-state index contributed by atoms with van der Waals surface area (Å²) >= 11 is 0. The zero-order chi connectivity index (χ0) is 25.2. The van der Waals surface area contributed by atoms with E-state index in [2.05, 4.69) is 128 Å². The molecule has 0 bridgehead atoms. The number of hydrogen-bond donors (Lipinski definition) is 0. The van der Waals surface area contributed by atoms with E-state index in [1.54, 1.807) is 5.57 Å². The van der Waals surface area contributed by atoms with Crippen molar-refractivity contribution >= 4 is 12.2 Å². The number of fused-ring (bicyclic) bond motifs is 2. The second-order valence-electron chi connectivity index (χ2n) is 11.0. The molecule has 0 aliphatic heterocycles. The zero-order valence-corrected chi connectivity index (χ0v) is 22.1. The Bertz CT molecular complexity index is 1340. The fourth-order valence-corrected chi connectivity index (χ4v) is 6.20. The average molecular weight is 484 g/mol. The van der Waals surface area contributed by atoms with Gasteiger partial charge in [0.1, 0.15) is 0 Å². The Labute approximate surface area is 222 Å². The van der Waals surface area contributed by atoms with Crippen molar-refractivity contribution < 1.29 is 0 Å². The number of rotatable bonds is 5. The van der Waals surface area contributed by atoms with Gasteiger partial charge in [-0.25, -0.2) is 0 Å². The first-order chi connectivity index (χ1) is 18.2. The van der Waals surface area contributed by atoms with Crippen molar-refractivity contribution in [1.29, 1.82) is 0 Å². The Balaban J connectivity index is 1.30. The predicted molar refractivity (Wildman–Crippen MR) is 158 cm³/mol. The maximum absolute atomic E-state index is 2.61. The molecule has 6 rings (SSSR count). The van der Waals surface area contributed by atoms with Crippen molar-refractivity contribution in [3.8, 4) is 0 Å². The molecule has 0 aromatic heterocycles. The quantitative estimate of drug-likeness (QED) is 0.409. The van der Waals surface area contributed by atoms with Crippen LogP contribution in [-0.2, 0) is 0 Å². The molecule has 2 unspecified atom stereocenters. The molecular formula is C36H37N. The molecule has 1 heteroatoms. The van der Waals surface area contributed by atoms with Gasteiger partial charge in [-0.15, -0.1) is 0 Å². The maximum Gasteiger partial charge on any atom is 0.0556 e. The van der Waals surface area contributed by atoms with Crippen LogP contribution < -0.4 is 0 Å². The largest absolute Gasteiger partial charge is 0.338 e. The first-order valence-corrected chi connectivity index (χ1v) is 13.9. The van der Waals surface area contributed by atoms with E-state index < -0.39 is 0 Å². The first kappa shape index (κ1) is 23.8. The summed E-state index contributed by atoms with van der Waals surface area (Å²) in [4.78, 5) is 2.61.